The smallest absolute Gasteiger partial charge is 0.159 e. The van der Waals surface area contributed by atoms with Crippen LogP contribution in [-0.4, -0.2) is 12.4 Å². The zero-order valence-electron chi connectivity index (χ0n) is 9.70. The highest BCUT2D eigenvalue weighted by atomic mass is 35.5. The van der Waals surface area contributed by atoms with Crippen LogP contribution in [0.15, 0.2) is 18.2 Å². The summed E-state index contributed by atoms with van der Waals surface area (Å²) >= 11 is 5.98. The van der Waals surface area contributed by atoms with Crippen LogP contribution in [0.5, 0.6) is 5.75 Å². The molecule has 1 rings (SSSR count). The second-order valence-electron chi connectivity index (χ2n) is 3.67. The van der Waals surface area contributed by atoms with E-state index in [9.17, 15) is 4.79 Å². The molecule has 0 amide bonds. The Morgan fingerprint density at radius 1 is 1.47 bits per heavy atom. The van der Waals surface area contributed by atoms with Crippen molar-refractivity contribution in [2.24, 2.45) is 0 Å². The quantitative estimate of drug-likeness (QED) is 0.573. The number of hydrogen-bond acceptors (Lipinski definition) is 3. The molecule has 0 aromatic heterocycles. The summed E-state index contributed by atoms with van der Waals surface area (Å²) in [6.45, 7) is 2.02. The van der Waals surface area contributed by atoms with Crippen molar-refractivity contribution in [3.05, 3.63) is 28.8 Å². The van der Waals surface area contributed by atoms with Gasteiger partial charge in [-0.2, -0.15) is 5.26 Å². The van der Waals surface area contributed by atoms with Crippen LogP contribution in [0.1, 0.15) is 36.5 Å². The Kier molecular flexibility index (Phi) is 5.51. The maximum Gasteiger partial charge on any atom is 0.159 e. The zero-order valence-corrected chi connectivity index (χ0v) is 10.5. The minimum absolute atomic E-state index is 0.0209. The van der Waals surface area contributed by atoms with E-state index in [1.165, 1.54) is 6.92 Å². The standard InChI is InChI=1S/C13H14ClNO2/c1-10(16)11-5-6-13(12(14)9-11)17-8-4-2-3-7-15/h5-6,9H,2-4,8H2,1H3. The highest BCUT2D eigenvalue weighted by Gasteiger charge is 2.05. The average molecular weight is 252 g/mol. The number of carbonyl (C=O) groups excluding carboxylic acids is 1. The lowest BCUT2D eigenvalue weighted by molar-refractivity contribution is 0.101. The maximum absolute atomic E-state index is 11.1. The fourth-order valence-electron chi connectivity index (χ4n) is 1.33. The van der Waals surface area contributed by atoms with Crippen molar-refractivity contribution in [2.45, 2.75) is 26.2 Å². The zero-order chi connectivity index (χ0) is 12.7. The van der Waals surface area contributed by atoms with E-state index in [-0.39, 0.29) is 5.78 Å². The molecule has 0 N–H and O–H groups in total. The summed E-state index contributed by atoms with van der Waals surface area (Å²) in [5.74, 6) is 0.557. The Bertz CT molecular complexity index is 438. The number of halogens is 1. The lowest BCUT2D eigenvalue weighted by Gasteiger charge is -2.08. The highest BCUT2D eigenvalue weighted by molar-refractivity contribution is 6.32. The van der Waals surface area contributed by atoms with Crippen molar-refractivity contribution in [1.29, 1.82) is 5.26 Å². The van der Waals surface area contributed by atoms with Crippen molar-refractivity contribution in [3.63, 3.8) is 0 Å². The summed E-state index contributed by atoms with van der Waals surface area (Å²) in [6, 6.07) is 7.08. The van der Waals surface area contributed by atoms with Crippen LogP contribution in [0.3, 0.4) is 0 Å². The van der Waals surface area contributed by atoms with Crippen LogP contribution in [0.4, 0.5) is 0 Å². The van der Waals surface area contributed by atoms with E-state index < -0.39 is 0 Å². The van der Waals surface area contributed by atoms with Crippen molar-refractivity contribution in [1.82, 2.24) is 0 Å². The van der Waals surface area contributed by atoms with Crippen LogP contribution >= 0.6 is 11.6 Å². The summed E-state index contributed by atoms with van der Waals surface area (Å²) < 4.78 is 5.47. The van der Waals surface area contributed by atoms with Gasteiger partial charge in [0.1, 0.15) is 5.75 Å². The highest BCUT2D eigenvalue weighted by Crippen LogP contribution is 2.25. The van der Waals surface area contributed by atoms with Crippen molar-refractivity contribution < 1.29 is 9.53 Å². The first-order valence-corrected chi connectivity index (χ1v) is 5.83. The predicted molar refractivity (Wildman–Crippen MR) is 66.4 cm³/mol. The van der Waals surface area contributed by atoms with Gasteiger partial charge in [0.25, 0.3) is 0 Å². The van der Waals surface area contributed by atoms with Crippen LogP contribution < -0.4 is 4.74 Å². The summed E-state index contributed by atoms with van der Waals surface area (Å²) in [6.07, 6.45) is 2.18. The van der Waals surface area contributed by atoms with Crippen LogP contribution in [0.25, 0.3) is 0 Å². The monoisotopic (exact) mass is 251 g/mol. The predicted octanol–water partition coefficient (Wildman–Crippen LogP) is 3.62. The SMILES string of the molecule is CC(=O)c1ccc(OCCCCC#N)c(Cl)c1. The van der Waals surface area contributed by atoms with E-state index >= 15 is 0 Å². The number of ketones is 1. The third-order valence-corrected chi connectivity index (χ3v) is 2.57. The molecule has 0 heterocycles. The number of ether oxygens (including phenoxy) is 1. The molecule has 3 nitrogen and oxygen atoms in total. The van der Waals surface area contributed by atoms with Gasteiger partial charge in [-0.3, -0.25) is 4.79 Å². The lowest BCUT2D eigenvalue weighted by Crippen LogP contribution is -1.99. The Morgan fingerprint density at radius 3 is 2.82 bits per heavy atom. The Hall–Kier alpha value is -1.53. The van der Waals surface area contributed by atoms with E-state index in [0.29, 0.717) is 29.4 Å². The van der Waals surface area contributed by atoms with Crippen LogP contribution in [0.2, 0.25) is 5.02 Å². The molecule has 17 heavy (non-hydrogen) atoms. The second kappa shape index (κ2) is 6.93. The normalized spacial score (nSPS) is 9.71. The van der Waals surface area contributed by atoms with Gasteiger partial charge in [-0.25, -0.2) is 0 Å². The molecule has 0 aliphatic heterocycles. The van der Waals surface area contributed by atoms with Crippen LogP contribution in [-0.2, 0) is 0 Å². The van der Waals surface area contributed by atoms with E-state index in [0.717, 1.165) is 12.8 Å². The lowest BCUT2D eigenvalue weighted by atomic mass is 10.1. The average Bonchev–Trinajstić information content (AvgIpc) is 2.30. The number of carbonyl (C=O) groups is 1. The number of hydrogen-bond donors (Lipinski definition) is 0. The largest absolute Gasteiger partial charge is 0.492 e. The third-order valence-electron chi connectivity index (χ3n) is 2.28. The number of benzene rings is 1. The van der Waals surface area contributed by atoms with Gasteiger partial charge >= 0.3 is 0 Å². The first kappa shape index (κ1) is 13.5. The molecule has 0 saturated carbocycles. The molecule has 0 aliphatic carbocycles. The fourth-order valence-corrected chi connectivity index (χ4v) is 1.56. The van der Waals surface area contributed by atoms with E-state index in [1.807, 2.05) is 0 Å². The molecule has 1 aromatic carbocycles. The summed E-state index contributed by atoms with van der Waals surface area (Å²) in [5.41, 5.74) is 0.576. The summed E-state index contributed by atoms with van der Waals surface area (Å²) in [7, 11) is 0. The topological polar surface area (TPSA) is 50.1 Å². The Balaban J connectivity index is 2.50. The first-order chi connectivity index (χ1) is 8.15. The molecular formula is C13H14ClNO2. The van der Waals surface area contributed by atoms with Gasteiger partial charge in [0.15, 0.2) is 5.78 Å². The molecule has 90 valence electrons. The summed E-state index contributed by atoms with van der Waals surface area (Å²) in [4.78, 5) is 11.1. The third kappa shape index (κ3) is 4.46. The van der Waals surface area contributed by atoms with Gasteiger partial charge < -0.3 is 4.74 Å². The molecule has 0 unspecified atom stereocenters. The molecular weight excluding hydrogens is 238 g/mol. The van der Waals surface area contributed by atoms with Gasteiger partial charge in [-0.15, -0.1) is 0 Å². The first-order valence-electron chi connectivity index (χ1n) is 5.45. The molecule has 0 aliphatic rings. The molecule has 0 fully saturated rings. The molecule has 0 spiro atoms. The van der Waals surface area contributed by atoms with Gasteiger partial charge in [-0.05, 0) is 38.0 Å². The van der Waals surface area contributed by atoms with Crippen molar-refractivity contribution in [2.75, 3.05) is 6.61 Å². The number of rotatable bonds is 6. The van der Waals surface area contributed by atoms with Gasteiger partial charge in [-0.1, -0.05) is 11.6 Å². The molecule has 4 heteroatoms. The van der Waals surface area contributed by atoms with Gasteiger partial charge in [0, 0.05) is 12.0 Å². The van der Waals surface area contributed by atoms with Crippen molar-refractivity contribution >= 4 is 17.4 Å². The minimum atomic E-state index is -0.0209. The second-order valence-corrected chi connectivity index (χ2v) is 4.07. The van der Waals surface area contributed by atoms with Gasteiger partial charge in [0.2, 0.25) is 0 Å². The fraction of sp³-hybridized carbons (Fsp3) is 0.385. The summed E-state index contributed by atoms with van der Waals surface area (Å²) in [5, 5.41) is 8.81. The number of Topliss-reactive ketones (excluding diaryl/α,β-unsaturated/α-hetero) is 1. The molecule has 0 saturated heterocycles. The molecule has 0 bridgehead atoms. The maximum atomic E-state index is 11.1. The molecule has 1 aromatic rings. The van der Waals surface area contributed by atoms with E-state index in [4.69, 9.17) is 21.6 Å². The number of nitriles is 1. The number of unbranched alkanes of at least 4 members (excludes halogenated alkanes) is 2. The minimum Gasteiger partial charge on any atom is -0.492 e. The van der Waals surface area contributed by atoms with E-state index in [1.54, 1.807) is 18.2 Å². The molecule has 0 radical (unpaired) electrons. The Labute approximate surface area is 106 Å². The van der Waals surface area contributed by atoms with E-state index in [2.05, 4.69) is 6.07 Å². The Morgan fingerprint density at radius 2 is 2.24 bits per heavy atom. The van der Waals surface area contributed by atoms with Gasteiger partial charge in [0.05, 0.1) is 17.7 Å². The molecule has 0 atom stereocenters. The number of nitrogens with zero attached hydrogens (tertiary/aromatic N) is 1. The van der Waals surface area contributed by atoms with Crippen molar-refractivity contribution in [3.8, 4) is 11.8 Å². The van der Waals surface area contributed by atoms with Crippen LogP contribution in [0, 0.1) is 11.3 Å².